The van der Waals surface area contributed by atoms with Crippen LogP contribution in [-0.4, -0.2) is 45.2 Å². The third kappa shape index (κ3) is 7.81. The lowest BCUT2D eigenvalue weighted by molar-refractivity contribution is 0.106. The molecule has 0 saturated carbocycles. The minimum Gasteiger partial charge on any atom is -0.375 e. The van der Waals surface area contributed by atoms with Gasteiger partial charge in [0.2, 0.25) is 0 Å². The van der Waals surface area contributed by atoms with E-state index >= 15 is 0 Å². The van der Waals surface area contributed by atoms with Crippen molar-refractivity contribution in [1.82, 2.24) is 15.6 Å². The monoisotopic (exact) mass is 523 g/mol. The Bertz CT molecular complexity index is 725. The predicted octanol–water partition coefficient (Wildman–Crippen LogP) is 3.92. The van der Waals surface area contributed by atoms with Crippen LogP contribution in [0.4, 0.5) is 5.13 Å². The SMILES string of the molecule is CCNC(=NCc1csc(N(C)C)n1)NCC(OC)c1cccc(Cl)c1.I. The van der Waals surface area contributed by atoms with Crippen LogP contribution in [0.3, 0.4) is 0 Å². The summed E-state index contributed by atoms with van der Waals surface area (Å²) in [5.41, 5.74) is 1.98. The molecule has 1 unspecified atom stereocenters. The standard InChI is InChI=1S/C18H26ClN5OS.HI/c1-5-20-17(21-10-15-12-26-18(23-15)24(2)3)22-11-16(25-4)13-7-6-8-14(19)9-13;/h6-9,12,16H,5,10-11H2,1-4H3,(H2,20,21,22);1H. The average Bonchev–Trinajstić information content (AvgIpc) is 3.09. The van der Waals surface area contributed by atoms with Crippen LogP contribution in [0.25, 0.3) is 0 Å². The summed E-state index contributed by atoms with van der Waals surface area (Å²) in [5, 5.41) is 10.3. The maximum Gasteiger partial charge on any atom is 0.191 e. The molecule has 6 nitrogen and oxygen atoms in total. The fraction of sp³-hybridized carbons (Fsp3) is 0.444. The molecule has 0 aliphatic heterocycles. The van der Waals surface area contributed by atoms with Gasteiger partial charge >= 0.3 is 0 Å². The van der Waals surface area contributed by atoms with Gasteiger partial charge in [0.05, 0.1) is 18.3 Å². The van der Waals surface area contributed by atoms with Crippen molar-refractivity contribution in [3.63, 3.8) is 0 Å². The van der Waals surface area contributed by atoms with Gasteiger partial charge in [0.1, 0.15) is 0 Å². The zero-order chi connectivity index (χ0) is 18.9. The van der Waals surface area contributed by atoms with E-state index in [1.807, 2.05) is 55.6 Å². The lowest BCUT2D eigenvalue weighted by Gasteiger charge is -2.19. The second-order valence-electron chi connectivity index (χ2n) is 5.87. The van der Waals surface area contributed by atoms with Crippen molar-refractivity contribution in [2.45, 2.75) is 19.6 Å². The molecule has 0 aliphatic carbocycles. The molecular weight excluding hydrogens is 497 g/mol. The van der Waals surface area contributed by atoms with Crippen molar-refractivity contribution < 1.29 is 4.74 Å². The van der Waals surface area contributed by atoms with Gasteiger partial charge in [-0.1, -0.05) is 23.7 Å². The van der Waals surface area contributed by atoms with Crippen molar-refractivity contribution in [2.75, 3.05) is 39.2 Å². The molecule has 1 heterocycles. The number of halogens is 2. The number of nitrogens with one attached hydrogen (secondary N) is 2. The zero-order valence-corrected chi connectivity index (χ0v) is 19.9. The summed E-state index contributed by atoms with van der Waals surface area (Å²) in [6.07, 6.45) is -0.114. The Hall–Kier alpha value is -1.10. The van der Waals surface area contributed by atoms with E-state index in [1.165, 1.54) is 0 Å². The van der Waals surface area contributed by atoms with E-state index in [2.05, 4.69) is 20.6 Å². The number of aromatic nitrogens is 1. The summed E-state index contributed by atoms with van der Waals surface area (Å²) in [5.74, 6) is 0.732. The van der Waals surface area contributed by atoms with Gasteiger partial charge in [0.15, 0.2) is 11.1 Å². The van der Waals surface area contributed by atoms with Gasteiger partial charge in [-0.15, -0.1) is 35.3 Å². The molecule has 1 aromatic carbocycles. The first-order valence-corrected chi connectivity index (χ1v) is 9.71. The molecule has 2 aromatic rings. The highest BCUT2D eigenvalue weighted by Crippen LogP contribution is 2.20. The van der Waals surface area contributed by atoms with Crippen molar-refractivity contribution in [3.8, 4) is 0 Å². The molecule has 0 spiro atoms. The second kappa shape index (κ2) is 12.4. The molecule has 150 valence electrons. The van der Waals surface area contributed by atoms with Crippen molar-refractivity contribution in [1.29, 1.82) is 0 Å². The van der Waals surface area contributed by atoms with E-state index < -0.39 is 0 Å². The summed E-state index contributed by atoms with van der Waals surface area (Å²) in [7, 11) is 5.66. The Morgan fingerprint density at radius 1 is 1.37 bits per heavy atom. The summed E-state index contributed by atoms with van der Waals surface area (Å²) in [4.78, 5) is 11.2. The maximum atomic E-state index is 6.08. The van der Waals surface area contributed by atoms with Crippen LogP contribution < -0.4 is 15.5 Å². The van der Waals surface area contributed by atoms with Crippen LogP contribution >= 0.6 is 46.9 Å². The number of thiazole rings is 1. The molecule has 0 aliphatic rings. The molecule has 0 saturated heterocycles. The number of guanidine groups is 1. The molecular formula is C18H27ClIN5OS. The van der Waals surface area contributed by atoms with Gasteiger partial charge in [-0.05, 0) is 24.6 Å². The topological polar surface area (TPSA) is 61.8 Å². The Morgan fingerprint density at radius 3 is 2.74 bits per heavy atom. The minimum atomic E-state index is -0.114. The number of anilines is 1. The highest BCUT2D eigenvalue weighted by Gasteiger charge is 2.12. The number of nitrogens with zero attached hydrogens (tertiary/aromatic N) is 3. The Balaban J connectivity index is 0.00000364. The van der Waals surface area contributed by atoms with Crippen LogP contribution in [0.1, 0.15) is 24.3 Å². The molecule has 0 radical (unpaired) electrons. The summed E-state index contributed by atoms with van der Waals surface area (Å²) < 4.78 is 5.59. The first-order valence-electron chi connectivity index (χ1n) is 8.45. The largest absolute Gasteiger partial charge is 0.375 e. The average molecular weight is 524 g/mol. The molecule has 0 fully saturated rings. The van der Waals surface area contributed by atoms with Crippen LogP contribution in [-0.2, 0) is 11.3 Å². The van der Waals surface area contributed by atoms with E-state index in [0.717, 1.165) is 28.9 Å². The Morgan fingerprint density at radius 2 is 2.15 bits per heavy atom. The summed E-state index contributed by atoms with van der Waals surface area (Å²) in [6, 6.07) is 7.70. The van der Waals surface area contributed by atoms with Crippen molar-refractivity contribution >= 4 is 58.0 Å². The molecule has 9 heteroatoms. The van der Waals surface area contributed by atoms with Crippen LogP contribution in [0, 0.1) is 0 Å². The van der Waals surface area contributed by atoms with Crippen LogP contribution in [0.2, 0.25) is 5.02 Å². The second-order valence-corrected chi connectivity index (χ2v) is 7.14. The van der Waals surface area contributed by atoms with E-state index in [-0.39, 0.29) is 30.1 Å². The highest BCUT2D eigenvalue weighted by atomic mass is 127. The number of methoxy groups -OCH3 is 1. The lowest BCUT2D eigenvalue weighted by atomic mass is 10.1. The number of rotatable bonds is 8. The molecule has 27 heavy (non-hydrogen) atoms. The van der Waals surface area contributed by atoms with E-state index in [1.54, 1.807) is 18.4 Å². The quantitative estimate of drug-likeness (QED) is 0.312. The van der Waals surface area contributed by atoms with Crippen LogP contribution in [0.15, 0.2) is 34.6 Å². The fourth-order valence-electron chi connectivity index (χ4n) is 2.31. The highest BCUT2D eigenvalue weighted by molar-refractivity contribution is 14.0. The third-order valence-corrected chi connectivity index (χ3v) is 4.92. The van der Waals surface area contributed by atoms with Gasteiger partial charge < -0.3 is 20.3 Å². The van der Waals surface area contributed by atoms with Crippen molar-refractivity contribution in [2.24, 2.45) is 4.99 Å². The number of ether oxygens (including phenoxy) is 1. The number of aliphatic imine (C=N–C) groups is 1. The van der Waals surface area contributed by atoms with Gasteiger partial charge in [-0.3, -0.25) is 0 Å². The zero-order valence-electron chi connectivity index (χ0n) is 16.0. The predicted molar refractivity (Wildman–Crippen MR) is 126 cm³/mol. The first-order chi connectivity index (χ1) is 12.5. The van der Waals surface area contributed by atoms with Gasteiger partial charge in [0.25, 0.3) is 0 Å². The van der Waals surface area contributed by atoms with Gasteiger partial charge in [0, 0.05) is 44.7 Å². The molecule has 0 amide bonds. The molecule has 0 bridgehead atoms. The normalized spacial score (nSPS) is 12.3. The third-order valence-electron chi connectivity index (χ3n) is 3.63. The smallest absolute Gasteiger partial charge is 0.191 e. The lowest BCUT2D eigenvalue weighted by Crippen LogP contribution is -2.39. The number of hydrogen-bond donors (Lipinski definition) is 2. The van der Waals surface area contributed by atoms with Crippen LogP contribution in [0.5, 0.6) is 0 Å². The Labute approximate surface area is 187 Å². The molecule has 1 atom stereocenters. The molecule has 1 aromatic heterocycles. The van der Waals surface area contributed by atoms with E-state index in [0.29, 0.717) is 18.1 Å². The van der Waals surface area contributed by atoms with Crippen molar-refractivity contribution in [3.05, 3.63) is 45.9 Å². The molecule has 2 N–H and O–H groups in total. The maximum absolute atomic E-state index is 6.08. The van der Waals surface area contributed by atoms with E-state index in [4.69, 9.17) is 16.3 Å². The fourth-order valence-corrected chi connectivity index (χ4v) is 3.26. The molecule has 2 rings (SSSR count). The van der Waals surface area contributed by atoms with Gasteiger partial charge in [-0.2, -0.15) is 0 Å². The number of hydrogen-bond acceptors (Lipinski definition) is 5. The number of benzene rings is 1. The minimum absolute atomic E-state index is 0. The summed E-state index contributed by atoms with van der Waals surface area (Å²) >= 11 is 7.69. The summed E-state index contributed by atoms with van der Waals surface area (Å²) in [6.45, 7) is 3.92. The Kier molecular flexibility index (Phi) is 11.0. The first kappa shape index (κ1) is 23.9. The van der Waals surface area contributed by atoms with E-state index in [9.17, 15) is 0 Å². The van der Waals surface area contributed by atoms with Gasteiger partial charge in [-0.25, -0.2) is 9.98 Å².